The van der Waals surface area contributed by atoms with E-state index in [-0.39, 0.29) is 11.8 Å². The Hall–Kier alpha value is -2.36. The minimum atomic E-state index is -0.640. The van der Waals surface area contributed by atoms with E-state index in [0.717, 1.165) is 28.8 Å². The third kappa shape index (κ3) is 2.45. The van der Waals surface area contributed by atoms with Crippen molar-refractivity contribution in [2.45, 2.75) is 18.8 Å². The third-order valence-corrected chi connectivity index (χ3v) is 4.27. The standard InChI is InChI=1S/C18H18FNO2/c1-18(17(21)22-2)11-20-16-10-13(5-8-15(16)18)9-12-3-6-14(19)7-4-12/h3-8,10,20H,9,11H2,1-2H3/t18-/m0/s1. The van der Waals surface area contributed by atoms with Crippen LogP contribution in [0.4, 0.5) is 10.1 Å². The van der Waals surface area contributed by atoms with Gasteiger partial charge in [0.15, 0.2) is 0 Å². The van der Waals surface area contributed by atoms with E-state index in [2.05, 4.69) is 5.32 Å². The number of nitrogens with one attached hydrogen (secondary N) is 1. The summed E-state index contributed by atoms with van der Waals surface area (Å²) in [6.07, 6.45) is 0.726. The van der Waals surface area contributed by atoms with Crippen LogP contribution in [0.1, 0.15) is 23.6 Å². The van der Waals surface area contributed by atoms with Crippen LogP contribution in [0.2, 0.25) is 0 Å². The molecule has 0 unspecified atom stereocenters. The minimum Gasteiger partial charge on any atom is -0.468 e. The maximum absolute atomic E-state index is 12.9. The largest absolute Gasteiger partial charge is 0.468 e. The highest BCUT2D eigenvalue weighted by molar-refractivity contribution is 5.88. The highest BCUT2D eigenvalue weighted by atomic mass is 19.1. The van der Waals surface area contributed by atoms with Gasteiger partial charge in [-0.2, -0.15) is 0 Å². The van der Waals surface area contributed by atoms with Crippen molar-refractivity contribution in [1.29, 1.82) is 0 Å². The van der Waals surface area contributed by atoms with Crippen LogP contribution in [-0.2, 0) is 21.4 Å². The van der Waals surface area contributed by atoms with Gasteiger partial charge in [-0.25, -0.2) is 4.39 Å². The quantitative estimate of drug-likeness (QED) is 0.884. The fourth-order valence-corrected chi connectivity index (χ4v) is 2.94. The number of carbonyl (C=O) groups is 1. The second kappa shape index (κ2) is 5.44. The van der Waals surface area contributed by atoms with Gasteiger partial charge in [0.25, 0.3) is 0 Å². The zero-order chi connectivity index (χ0) is 15.7. The molecule has 1 aliphatic rings. The molecule has 2 aromatic rings. The van der Waals surface area contributed by atoms with Crippen molar-refractivity contribution in [2.75, 3.05) is 19.0 Å². The van der Waals surface area contributed by atoms with Crippen molar-refractivity contribution < 1.29 is 13.9 Å². The van der Waals surface area contributed by atoms with Gasteiger partial charge >= 0.3 is 5.97 Å². The Morgan fingerprint density at radius 2 is 1.91 bits per heavy atom. The van der Waals surface area contributed by atoms with E-state index in [4.69, 9.17) is 4.74 Å². The number of fused-ring (bicyclic) bond motifs is 1. The molecule has 1 atom stereocenters. The number of carbonyl (C=O) groups excluding carboxylic acids is 1. The van der Waals surface area contributed by atoms with Crippen molar-refractivity contribution >= 4 is 11.7 Å². The monoisotopic (exact) mass is 299 g/mol. The molecule has 0 fully saturated rings. The van der Waals surface area contributed by atoms with E-state index in [9.17, 15) is 9.18 Å². The first-order chi connectivity index (χ1) is 10.5. The molecule has 1 aliphatic heterocycles. The topological polar surface area (TPSA) is 38.3 Å². The van der Waals surface area contributed by atoms with Crippen LogP contribution in [0.5, 0.6) is 0 Å². The molecule has 114 valence electrons. The summed E-state index contributed by atoms with van der Waals surface area (Å²) in [5, 5.41) is 3.28. The Morgan fingerprint density at radius 3 is 2.59 bits per heavy atom. The molecule has 0 aromatic heterocycles. The first kappa shape index (κ1) is 14.6. The number of benzene rings is 2. The van der Waals surface area contributed by atoms with Gasteiger partial charge < -0.3 is 10.1 Å². The van der Waals surface area contributed by atoms with Crippen LogP contribution in [0.3, 0.4) is 0 Å². The summed E-state index contributed by atoms with van der Waals surface area (Å²) in [6, 6.07) is 12.5. The first-order valence-corrected chi connectivity index (χ1v) is 7.23. The third-order valence-electron chi connectivity index (χ3n) is 4.27. The van der Waals surface area contributed by atoms with Crippen LogP contribution in [0.15, 0.2) is 42.5 Å². The molecule has 0 bridgehead atoms. The van der Waals surface area contributed by atoms with Crippen molar-refractivity contribution in [3.63, 3.8) is 0 Å². The highest BCUT2D eigenvalue weighted by Crippen LogP contribution is 2.38. The Labute approximate surface area is 129 Å². The summed E-state index contributed by atoms with van der Waals surface area (Å²) >= 11 is 0. The minimum absolute atomic E-state index is 0.229. The summed E-state index contributed by atoms with van der Waals surface area (Å²) < 4.78 is 17.9. The molecule has 1 N–H and O–H groups in total. The van der Waals surface area contributed by atoms with Gasteiger partial charge in [-0.15, -0.1) is 0 Å². The average Bonchev–Trinajstić information content (AvgIpc) is 2.87. The summed E-state index contributed by atoms with van der Waals surface area (Å²) in [6.45, 7) is 2.42. The molecule has 3 nitrogen and oxygen atoms in total. The van der Waals surface area contributed by atoms with E-state index < -0.39 is 5.41 Å². The number of halogens is 1. The molecule has 0 aliphatic carbocycles. The summed E-state index contributed by atoms with van der Waals surface area (Å²) in [5.74, 6) is -0.460. The second-order valence-electron chi connectivity index (χ2n) is 5.86. The zero-order valence-electron chi connectivity index (χ0n) is 12.7. The number of methoxy groups -OCH3 is 1. The Bertz CT molecular complexity index is 712. The normalized spacial score (nSPS) is 19.4. The van der Waals surface area contributed by atoms with Crippen LogP contribution in [0, 0.1) is 5.82 Å². The lowest BCUT2D eigenvalue weighted by atomic mass is 9.84. The Kier molecular flexibility index (Phi) is 3.61. The van der Waals surface area contributed by atoms with Crippen molar-refractivity contribution in [1.82, 2.24) is 0 Å². The molecule has 0 amide bonds. The van der Waals surface area contributed by atoms with Crippen LogP contribution >= 0.6 is 0 Å². The number of anilines is 1. The van der Waals surface area contributed by atoms with E-state index >= 15 is 0 Å². The van der Waals surface area contributed by atoms with Crippen molar-refractivity contribution in [3.05, 3.63) is 65.0 Å². The maximum Gasteiger partial charge on any atom is 0.317 e. The van der Waals surface area contributed by atoms with E-state index in [1.165, 1.54) is 19.2 Å². The van der Waals surface area contributed by atoms with Crippen LogP contribution < -0.4 is 5.32 Å². The van der Waals surface area contributed by atoms with Gasteiger partial charge in [0.05, 0.1) is 7.11 Å². The van der Waals surface area contributed by atoms with Crippen LogP contribution in [0.25, 0.3) is 0 Å². The smallest absolute Gasteiger partial charge is 0.317 e. The number of rotatable bonds is 3. The lowest BCUT2D eigenvalue weighted by Crippen LogP contribution is -2.35. The van der Waals surface area contributed by atoms with Gasteiger partial charge in [0.1, 0.15) is 11.2 Å². The molecule has 0 saturated heterocycles. The lowest BCUT2D eigenvalue weighted by molar-refractivity contribution is -0.146. The fourth-order valence-electron chi connectivity index (χ4n) is 2.94. The summed E-state index contributed by atoms with van der Waals surface area (Å²) in [4.78, 5) is 12.0. The van der Waals surface area contributed by atoms with Crippen molar-refractivity contribution in [2.24, 2.45) is 0 Å². The summed E-state index contributed by atoms with van der Waals surface area (Å²) in [7, 11) is 1.41. The average molecular weight is 299 g/mol. The molecule has 0 spiro atoms. The number of hydrogen-bond donors (Lipinski definition) is 1. The first-order valence-electron chi connectivity index (χ1n) is 7.23. The van der Waals surface area contributed by atoms with Gasteiger partial charge in [-0.1, -0.05) is 24.3 Å². The lowest BCUT2D eigenvalue weighted by Gasteiger charge is -2.20. The zero-order valence-corrected chi connectivity index (χ0v) is 12.7. The molecule has 4 heteroatoms. The van der Waals surface area contributed by atoms with Gasteiger partial charge in [-0.05, 0) is 48.2 Å². The van der Waals surface area contributed by atoms with Crippen molar-refractivity contribution in [3.8, 4) is 0 Å². The van der Waals surface area contributed by atoms with E-state index in [0.29, 0.717) is 6.54 Å². The molecule has 2 aromatic carbocycles. The molecule has 3 rings (SSSR count). The SMILES string of the molecule is COC(=O)[C@@]1(C)CNc2cc(Cc3ccc(F)cc3)ccc21. The molecule has 1 heterocycles. The van der Waals surface area contributed by atoms with E-state index in [1.54, 1.807) is 12.1 Å². The summed E-state index contributed by atoms with van der Waals surface area (Å²) in [5.41, 5.74) is 3.45. The molecule has 22 heavy (non-hydrogen) atoms. The molecule has 0 saturated carbocycles. The highest BCUT2D eigenvalue weighted by Gasteiger charge is 2.42. The maximum atomic E-state index is 12.9. The van der Waals surface area contributed by atoms with Crippen LogP contribution in [-0.4, -0.2) is 19.6 Å². The predicted octanol–water partition coefficient (Wildman–Crippen LogP) is 3.27. The fraction of sp³-hybridized carbons (Fsp3) is 0.278. The molecular formula is C18H18FNO2. The van der Waals surface area contributed by atoms with E-state index in [1.807, 2.05) is 25.1 Å². The Balaban J connectivity index is 1.87. The molecule has 0 radical (unpaired) electrons. The number of hydrogen-bond acceptors (Lipinski definition) is 3. The predicted molar refractivity (Wildman–Crippen MR) is 83.5 cm³/mol. The Morgan fingerprint density at radius 1 is 1.23 bits per heavy atom. The van der Waals surface area contributed by atoms with Gasteiger partial charge in [0, 0.05) is 12.2 Å². The number of ether oxygens (including phenoxy) is 1. The van der Waals surface area contributed by atoms with Gasteiger partial charge in [0.2, 0.25) is 0 Å². The van der Waals surface area contributed by atoms with Gasteiger partial charge in [-0.3, -0.25) is 4.79 Å². The second-order valence-corrected chi connectivity index (χ2v) is 5.86. The molecular weight excluding hydrogens is 281 g/mol. The number of esters is 1.